The molecule has 182 valence electrons. The molecule has 2 atom stereocenters. The van der Waals surface area contributed by atoms with Crippen LogP contribution in [0.3, 0.4) is 0 Å². The molecule has 3 aromatic carbocycles. The van der Waals surface area contributed by atoms with Crippen molar-refractivity contribution in [1.82, 2.24) is 10.2 Å². The van der Waals surface area contributed by atoms with Gasteiger partial charge in [-0.3, -0.25) is 9.59 Å². The monoisotopic (exact) mass is 490 g/mol. The van der Waals surface area contributed by atoms with Crippen LogP contribution in [0.15, 0.2) is 84.9 Å². The lowest BCUT2D eigenvalue weighted by Crippen LogP contribution is -2.49. The first kappa shape index (κ1) is 25.0. The Hall–Kier alpha value is -3.12. The maximum absolute atomic E-state index is 13.9. The van der Waals surface area contributed by atoms with Crippen LogP contribution in [0.4, 0.5) is 4.39 Å². The van der Waals surface area contributed by atoms with Crippen molar-refractivity contribution >= 4 is 23.6 Å². The van der Waals surface area contributed by atoms with Crippen molar-refractivity contribution in [1.29, 1.82) is 0 Å². The maximum atomic E-state index is 13.9. The van der Waals surface area contributed by atoms with Crippen molar-refractivity contribution in [3.63, 3.8) is 0 Å². The van der Waals surface area contributed by atoms with Gasteiger partial charge in [-0.25, -0.2) is 4.39 Å². The Bertz CT molecular complexity index is 1100. The zero-order valence-electron chi connectivity index (χ0n) is 20.1. The number of hydrogen-bond donors (Lipinski definition) is 1. The highest BCUT2D eigenvalue weighted by Gasteiger charge is 2.42. The Labute approximate surface area is 210 Å². The van der Waals surface area contributed by atoms with Crippen LogP contribution in [-0.4, -0.2) is 35.1 Å². The number of carbonyl (C=O) groups is 2. The fourth-order valence-corrected chi connectivity index (χ4v) is 5.97. The molecule has 0 radical (unpaired) electrons. The number of nitrogens with one attached hydrogen (secondary N) is 1. The minimum atomic E-state index is -0.588. The Balaban J connectivity index is 1.47. The summed E-state index contributed by atoms with van der Waals surface area (Å²) in [5.41, 5.74) is 3.10. The molecule has 1 saturated heterocycles. The summed E-state index contributed by atoms with van der Waals surface area (Å²) in [5.74, 6) is -0.238. The number of hydrogen-bond acceptors (Lipinski definition) is 3. The highest BCUT2D eigenvalue weighted by molar-refractivity contribution is 7.99. The zero-order valence-corrected chi connectivity index (χ0v) is 20.9. The lowest BCUT2D eigenvalue weighted by molar-refractivity contribution is -0.142. The summed E-state index contributed by atoms with van der Waals surface area (Å²) in [6, 6.07) is 26.3. The summed E-state index contributed by atoms with van der Waals surface area (Å²) in [4.78, 5) is 28.1. The lowest BCUT2D eigenvalue weighted by Gasteiger charge is -2.30. The largest absolute Gasteiger partial charge is 0.354 e. The van der Waals surface area contributed by atoms with Crippen molar-refractivity contribution in [2.45, 2.75) is 37.6 Å². The molecule has 3 aromatic rings. The summed E-state index contributed by atoms with van der Waals surface area (Å²) >= 11 is 1.51. The number of halogens is 1. The molecule has 2 amide bonds. The van der Waals surface area contributed by atoms with E-state index in [4.69, 9.17) is 0 Å². The summed E-state index contributed by atoms with van der Waals surface area (Å²) < 4.78 is 13.9. The Morgan fingerprint density at radius 2 is 1.60 bits per heavy atom. The summed E-state index contributed by atoms with van der Waals surface area (Å²) in [6.45, 7) is 4.14. The first-order valence-electron chi connectivity index (χ1n) is 12.0. The Morgan fingerprint density at radius 3 is 2.17 bits per heavy atom. The van der Waals surface area contributed by atoms with Crippen LogP contribution in [0.5, 0.6) is 0 Å². The van der Waals surface area contributed by atoms with Gasteiger partial charge >= 0.3 is 0 Å². The first-order chi connectivity index (χ1) is 17.0. The van der Waals surface area contributed by atoms with E-state index in [0.717, 1.165) is 6.42 Å². The molecule has 0 bridgehead atoms. The van der Waals surface area contributed by atoms with Crippen molar-refractivity contribution in [2.75, 3.05) is 12.3 Å². The fraction of sp³-hybridized carbons (Fsp3) is 0.310. The Kier molecular flexibility index (Phi) is 8.24. The summed E-state index contributed by atoms with van der Waals surface area (Å²) in [6.07, 6.45) is 0.741. The third kappa shape index (κ3) is 5.93. The average Bonchev–Trinajstić information content (AvgIpc) is 3.32. The van der Waals surface area contributed by atoms with Crippen LogP contribution in [0.2, 0.25) is 0 Å². The van der Waals surface area contributed by atoms with Gasteiger partial charge in [-0.1, -0.05) is 86.6 Å². The van der Waals surface area contributed by atoms with E-state index in [1.807, 2.05) is 56.3 Å². The van der Waals surface area contributed by atoms with E-state index in [0.29, 0.717) is 17.9 Å². The summed E-state index contributed by atoms with van der Waals surface area (Å²) in [7, 11) is 0. The number of benzene rings is 3. The van der Waals surface area contributed by atoms with Gasteiger partial charge in [-0.05, 0) is 35.2 Å². The Morgan fingerprint density at radius 1 is 0.971 bits per heavy atom. The second kappa shape index (κ2) is 11.5. The molecule has 6 heteroatoms. The fourth-order valence-electron chi connectivity index (χ4n) is 4.55. The van der Waals surface area contributed by atoms with Gasteiger partial charge in [0.2, 0.25) is 11.8 Å². The molecule has 4 nitrogen and oxygen atoms in total. The zero-order chi connectivity index (χ0) is 24.8. The normalized spacial score (nSPS) is 17.7. The van der Waals surface area contributed by atoms with E-state index in [-0.39, 0.29) is 34.8 Å². The number of carbonyl (C=O) groups excluding carboxylic acids is 2. The van der Waals surface area contributed by atoms with Crippen molar-refractivity contribution < 1.29 is 14.0 Å². The van der Waals surface area contributed by atoms with Gasteiger partial charge in [0, 0.05) is 24.1 Å². The van der Waals surface area contributed by atoms with E-state index < -0.39 is 6.04 Å². The molecule has 1 aliphatic rings. The number of thioether (sulfide) groups is 1. The van der Waals surface area contributed by atoms with Crippen LogP contribution >= 0.6 is 11.8 Å². The highest BCUT2D eigenvalue weighted by atomic mass is 32.2. The topological polar surface area (TPSA) is 49.4 Å². The van der Waals surface area contributed by atoms with Crippen molar-refractivity contribution in [2.24, 2.45) is 5.92 Å². The molecule has 0 aliphatic carbocycles. The molecule has 4 rings (SSSR count). The first-order valence-corrected chi connectivity index (χ1v) is 13.1. The van der Waals surface area contributed by atoms with Crippen molar-refractivity contribution in [3.8, 4) is 0 Å². The molecular weight excluding hydrogens is 459 g/mol. The number of nitrogens with zero attached hydrogens (tertiary/aromatic N) is 1. The van der Waals surface area contributed by atoms with Crippen LogP contribution in [-0.2, 0) is 9.59 Å². The van der Waals surface area contributed by atoms with Gasteiger partial charge in [0.1, 0.15) is 17.2 Å². The minimum absolute atomic E-state index is 0.101. The van der Waals surface area contributed by atoms with Gasteiger partial charge in [0.25, 0.3) is 0 Å². The second-order valence-electron chi connectivity index (χ2n) is 9.11. The summed E-state index contributed by atoms with van der Waals surface area (Å²) in [5, 5.41) is 2.70. The second-order valence-corrected chi connectivity index (χ2v) is 10.2. The van der Waals surface area contributed by atoms with Gasteiger partial charge < -0.3 is 10.2 Å². The maximum Gasteiger partial charge on any atom is 0.243 e. The predicted molar refractivity (Wildman–Crippen MR) is 139 cm³/mol. The van der Waals surface area contributed by atoms with Gasteiger partial charge in [-0.2, -0.15) is 0 Å². The molecule has 1 heterocycles. The third-order valence-electron chi connectivity index (χ3n) is 6.32. The molecular formula is C29H31FN2O2S. The minimum Gasteiger partial charge on any atom is -0.354 e. The average molecular weight is 491 g/mol. The van der Waals surface area contributed by atoms with Gasteiger partial charge in [0.15, 0.2) is 0 Å². The lowest BCUT2D eigenvalue weighted by atomic mass is 9.88. The molecule has 0 saturated carbocycles. The standard InChI is InChI=1S/C29H31FN2O2S/c1-20(2)28(34)32-26(19-35-29(32)23-14-9-15-24(30)18-23)27(33)31-17-16-25(21-10-5-3-6-11-21)22-12-7-4-8-13-22/h3-15,18,20,25-26,29H,16-17,19H2,1-2H3,(H,31,33). The van der Waals surface area contributed by atoms with Gasteiger partial charge in [0.05, 0.1) is 0 Å². The van der Waals surface area contributed by atoms with Crippen LogP contribution < -0.4 is 5.32 Å². The molecule has 0 aromatic heterocycles. The third-order valence-corrected chi connectivity index (χ3v) is 7.64. The van der Waals surface area contributed by atoms with E-state index in [2.05, 4.69) is 29.6 Å². The smallest absolute Gasteiger partial charge is 0.243 e. The molecule has 1 N–H and O–H groups in total. The molecule has 35 heavy (non-hydrogen) atoms. The van der Waals surface area contributed by atoms with E-state index >= 15 is 0 Å². The van der Waals surface area contributed by atoms with Crippen LogP contribution in [0, 0.1) is 11.7 Å². The van der Waals surface area contributed by atoms with E-state index in [9.17, 15) is 14.0 Å². The number of rotatable bonds is 8. The van der Waals surface area contributed by atoms with E-state index in [1.165, 1.54) is 35.0 Å². The molecule has 1 aliphatic heterocycles. The van der Waals surface area contributed by atoms with Crippen LogP contribution in [0.1, 0.15) is 48.3 Å². The molecule has 2 unspecified atom stereocenters. The highest BCUT2D eigenvalue weighted by Crippen LogP contribution is 2.42. The molecule has 1 fully saturated rings. The molecule has 0 spiro atoms. The van der Waals surface area contributed by atoms with Crippen LogP contribution in [0.25, 0.3) is 0 Å². The quantitative estimate of drug-likeness (QED) is 0.437. The predicted octanol–water partition coefficient (Wildman–Crippen LogP) is 5.76. The SMILES string of the molecule is CC(C)C(=O)N1C(C(=O)NCCC(c2ccccc2)c2ccccc2)CSC1c1cccc(F)c1. The van der Waals surface area contributed by atoms with E-state index in [1.54, 1.807) is 11.0 Å². The van der Waals surface area contributed by atoms with Crippen molar-refractivity contribution in [3.05, 3.63) is 107 Å². The van der Waals surface area contributed by atoms with Gasteiger partial charge in [-0.15, -0.1) is 11.8 Å². The number of amides is 2.